The van der Waals surface area contributed by atoms with Crippen molar-refractivity contribution in [3.05, 3.63) is 45.7 Å². The lowest BCUT2D eigenvalue weighted by atomic mass is 9.77. The van der Waals surface area contributed by atoms with Gasteiger partial charge in [-0.05, 0) is 38.3 Å². The van der Waals surface area contributed by atoms with Gasteiger partial charge in [-0.2, -0.15) is 26.3 Å². The average molecular weight is 524 g/mol. The molecule has 1 atom stereocenters. The summed E-state index contributed by atoms with van der Waals surface area (Å²) >= 11 is 1.67. The molecule has 2 aromatic rings. The lowest BCUT2D eigenvalue weighted by Crippen LogP contribution is -2.66. The fraction of sp³-hybridized carbons (Fsp3) is 0.524. The fourth-order valence-corrected chi connectivity index (χ4v) is 4.96. The Bertz CT molecular complexity index is 1070. The van der Waals surface area contributed by atoms with E-state index in [1.54, 1.807) is 16.2 Å². The molecule has 35 heavy (non-hydrogen) atoms. The van der Waals surface area contributed by atoms with Crippen LogP contribution in [0.1, 0.15) is 45.2 Å². The number of aliphatic carboxylic acids is 1. The second-order valence-electron chi connectivity index (χ2n) is 8.30. The Morgan fingerprint density at radius 1 is 1.14 bits per heavy atom. The zero-order chi connectivity index (χ0) is 26.0. The summed E-state index contributed by atoms with van der Waals surface area (Å²) in [7, 11) is 0. The summed E-state index contributed by atoms with van der Waals surface area (Å²) < 4.78 is 70.5. The van der Waals surface area contributed by atoms with Crippen molar-refractivity contribution in [2.45, 2.75) is 50.6 Å². The first kappa shape index (κ1) is 26.9. The Morgan fingerprint density at radius 3 is 2.34 bits per heavy atom. The number of carbonyl (C=O) groups is 2. The van der Waals surface area contributed by atoms with Gasteiger partial charge in [0, 0.05) is 54.6 Å². The lowest BCUT2D eigenvalue weighted by molar-refractivity contribution is -0.192. The van der Waals surface area contributed by atoms with E-state index < -0.39 is 24.0 Å². The van der Waals surface area contributed by atoms with Crippen LogP contribution in [0.5, 0.6) is 0 Å². The molecule has 0 saturated carbocycles. The monoisotopic (exact) mass is 524 g/mol. The summed E-state index contributed by atoms with van der Waals surface area (Å²) in [5.41, 5.74) is -1.06. The molecule has 1 N–H and O–H groups in total. The highest BCUT2D eigenvalue weighted by atomic mass is 32.1. The quantitative estimate of drug-likeness (QED) is 0.600. The molecule has 2 aromatic heterocycles. The molecule has 14 heteroatoms. The van der Waals surface area contributed by atoms with Crippen molar-refractivity contribution in [1.82, 2.24) is 19.8 Å². The first-order valence-electron chi connectivity index (χ1n) is 10.5. The molecule has 2 aliphatic rings. The highest BCUT2D eigenvalue weighted by molar-refractivity contribution is 7.11. The number of likely N-dealkylation sites (tertiary alicyclic amines) is 2. The number of hydrogen-bond donors (Lipinski definition) is 1. The number of hydrogen-bond acceptors (Lipinski definition) is 6. The molecule has 4 heterocycles. The van der Waals surface area contributed by atoms with Gasteiger partial charge in [0.05, 0.1) is 5.01 Å². The van der Waals surface area contributed by atoms with Gasteiger partial charge in [-0.1, -0.05) is 0 Å². The van der Waals surface area contributed by atoms with Gasteiger partial charge in [0.2, 0.25) is 0 Å². The average Bonchev–Trinajstić information content (AvgIpc) is 3.20. The van der Waals surface area contributed by atoms with Crippen LogP contribution < -0.4 is 0 Å². The first-order valence-corrected chi connectivity index (χ1v) is 11.3. The van der Waals surface area contributed by atoms with Crippen LogP contribution in [-0.4, -0.2) is 68.1 Å². The Hall–Kier alpha value is -2.74. The van der Waals surface area contributed by atoms with Crippen LogP contribution in [-0.2, 0) is 17.5 Å². The van der Waals surface area contributed by atoms with Crippen LogP contribution in [0.15, 0.2) is 24.5 Å². The zero-order valence-electron chi connectivity index (χ0n) is 18.5. The number of rotatable bonds is 3. The number of halogens is 6. The van der Waals surface area contributed by atoms with Crippen molar-refractivity contribution in [2.24, 2.45) is 0 Å². The number of carbonyl (C=O) groups excluding carboxylic acids is 1. The van der Waals surface area contributed by atoms with Gasteiger partial charge in [0.25, 0.3) is 5.91 Å². The van der Waals surface area contributed by atoms with E-state index >= 15 is 0 Å². The van der Waals surface area contributed by atoms with E-state index in [0.29, 0.717) is 13.1 Å². The van der Waals surface area contributed by atoms with Gasteiger partial charge in [0.1, 0.15) is 5.69 Å². The largest absolute Gasteiger partial charge is 0.490 e. The number of aryl methyl sites for hydroxylation is 1. The summed E-state index contributed by atoms with van der Waals surface area (Å²) in [4.78, 5) is 34.7. The third kappa shape index (κ3) is 6.48. The second-order valence-corrected chi connectivity index (χ2v) is 9.62. The van der Waals surface area contributed by atoms with E-state index in [4.69, 9.17) is 9.90 Å². The number of piperidine rings is 1. The van der Waals surface area contributed by atoms with E-state index in [1.807, 2.05) is 13.1 Å². The van der Waals surface area contributed by atoms with Crippen LogP contribution in [0.25, 0.3) is 0 Å². The smallest absolute Gasteiger partial charge is 0.475 e. The van der Waals surface area contributed by atoms with Gasteiger partial charge < -0.3 is 10.0 Å². The van der Waals surface area contributed by atoms with Crippen LogP contribution in [0.2, 0.25) is 0 Å². The Balaban J connectivity index is 0.000000429. The first-order chi connectivity index (χ1) is 16.2. The number of alkyl halides is 6. The highest BCUT2D eigenvalue weighted by Crippen LogP contribution is 2.40. The number of aromatic nitrogens is 2. The molecular formula is C21H22F6N4O3S. The number of amides is 1. The molecule has 1 spiro atoms. The van der Waals surface area contributed by atoms with Crippen LogP contribution in [0.3, 0.4) is 0 Å². The van der Waals surface area contributed by atoms with E-state index in [-0.39, 0.29) is 17.0 Å². The van der Waals surface area contributed by atoms with Crippen molar-refractivity contribution in [3.8, 4) is 0 Å². The summed E-state index contributed by atoms with van der Waals surface area (Å²) in [6.45, 7) is 4.86. The molecule has 1 unspecified atom stereocenters. The third-order valence-electron chi connectivity index (χ3n) is 5.92. The minimum atomic E-state index is -5.08. The van der Waals surface area contributed by atoms with E-state index in [9.17, 15) is 31.1 Å². The van der Waals surface area contributed by atoms with Crippen molar-refractivity contribution >= 4 is 23.2 Å². The van der Waals surface area contributed by atoms with Crippen molar-refractivity contribution < 1.29 is 41.0 Å². The van der Waals surface area contributed by atoms with Gasteiger partial charge in [-0.25, -0.2) is 9.78 Å². The number of thiazole rings is 1. The lowest BCUT2D eigenvalue weighted by Gasteiger charge is -2.57. The van der Waals surface area contributed by atoms with Crippen LogP contribution in [0, 0.1) is 6.92 Å². The Kier molecular flexibility index (Phi) is 7.74. The van der Waals surface area contributed by atoms with Gasteiger partial charge in [0.15, 0.2) is 0 Å². The maximum Gasteiger partial charge on any atom is 0.490 e. The molecule has 0 aromatic carbocycles. The zero-order valence-corrected chi connectivity index (χ0v) is 19.3. The molecule has 2 saturated heterocycles. The minimum absolute atomic E-state index is 0.0448. The SMILES string of the molecule is Cc1ncc(CN2CCC23CCCN(C(=O)c2ccnc(C(F)(F)F)c2)C3)s1.O=C(O)C(F)(F)F. The van der Waals surface area contributed by atoms with E-state index in [2.05, 4.69) is 14.9 Å². The molecule has 2 fully saturated rings. The molecule has 0 aliphatic carbocycles. The van der Waals surface area contributed by atoms with Gasteiger partial charge in [-0.15, -0.1) is 11.3 Å². The number of carboxylic acids is 1. The summed E-state index contributed by atoms with van der Waals surface area (Å²) in [6.07, 6.45) is -3.85. The summed E-state index contributed by atoms with van der Waals surface area (Å²) in [5.74, 6) is -3.11. The van der Waals surface area contributed by atoms with Gasteiger partial charge >= 0.3 is 18.3 Å². The van der Waals surface area contributed by atoms with Gasteiger partial charge in [-0.3, -0.25) is 14.7 Å². The number of pyridine rings is 1. The third-order valence-corrected chi connectivity index (χ3v) is 6.81. The maximum atomic E-state index is 12.9. The minimum Gasteiger partial charge on any atom is -0.475 e. The Morgan fingerprint density at radius 2 is 1.83 bits per heavy atom. The normalized spacial score (nSPS) is 20.7. The van der Waals surface area contributed by atoms with E-state index in [0.717, 1.165) is 49.6 Å². The van der Waals surface area contributed by atoms with Crippen LogP contribution >= 0.6 is 11.3 Å². The molecule has 1 amide bonds. The summed E-state index contributed by atoms with van der Waals surface area (Å²) in [6, 6.07) is 2.21. The number of carboxylic acid groups (broad SMARTS) is 1. The molecule has 192 valence electrons. The fourth-order valence-electron chi connectivity index (χ4n) is 4.15. The highest BCUT2D eigenvalue weighted by Gasteiger charge is 2.48. The molecule has 0 bridgehead atoms. The Labute approximate surface area is 200 Å². The number of nitrogens with zero attached hydrogens (tertiary/aromatic N) is 4. The maximum absolute atomic E-state index is 12.9. The van der Waals surface area contributed by atoms with Crippen molar-refractivity contribution in [3.63, 3.8) is 0 Å². The van der Waals surface area contributed by atoms with Crippen molar-refractivity contribution in [2.75, 3.05) is 19.6 Å². The van der Waals surface area contributed by atoms with Crippen molar-refractivity contribution in [1.29, 1.82) is 0 Å². The van der Waals surface area contributed by atoms with Crippen LogP contribution in [0.4, 0.5) is 26.3 Å². The standard InChI is InChI=1S/C19H21F3N4OS.C2HF3O2/c1-13-24-10-15(28-13)11-26-8-5-18(26)4-2-7-25(12-18)17(27)14-3-6-23-16(9-14)19(20,21)22;3-2(4,5)1(6)7/h3,6,9-10H,2,4-5,7-8,11-12H2,1H3;(H,6,7). The molecule has 2 aliphatic heterocycles. The molecular weight excluding hydrogens is 502 g/mol. The molecule has 0 radical (unpaired) electrons. The van der Waals surface area contributed by atoms with E-state index in [1.165, 1.54) is 10.9 Å². The molecule has 7 nitrogen and oxygen atoms in total. The summed E-state index contributed by atoms with van der Waals surface area (Å²) in [5, 5.41) is 8.16. The predicted molar refractivity (Wildman–Crippen MR) is 113 cm³/mol. The predicted octanol–water partition coefficient (Wildman–Crippen LogP) is 4.38. The molecule has 4 rings (SSSR count). The topological polar surface area (TPSA) is 86.6 Å². The second kappa shape index (κ2) is 10.1.